The molecule has 0 spiro atoms. The Hall–Kier alpha value is -5.77. The van der Waals surface area contributed by atoms with Gasteiger partial charge < -0.3 is 36.6 Å². The summed E-state index contributed by atoms with van der Waals surface area (Å²) < 4.78 is 0. The number of nitrogens with two attached hydrogens (primary N) is 1. The number of amides is 3. The standard InChI is InChI=1S/C48H61N9O5/c1-50-47(49)38-16-10-37(11-17-38)32-52-48(62)42-31-36-14-20-40(21-15-36)54-46(61)23-25-57-28-26-56(27-29-57)24-22-45(60)53-39-18-12-35(13-19-39)30-41(43(58)33-51-42)55-44(59)9-5-8-34-6-3-2-4-7-34/h2-4,6-7,10-21,41-42,44,51,55,59H,5,8-9,22-33H2,1H3,(H2,49,50)(H,52,62)(H,53,60)(H,54,61)/t41-,42+,44?/m1/s1. The molecule has 5 aliphatic rings. The van der Waals surface area contributed by atoms with Crippen LogP contribution in [-0.2, 0) is 45.0 Å². The van der Waals surface area contributed by atoms with Gasteiger partial charge in [-0.05, 0) is 78.6 Å². The molecule has 14 nitrogen and oxygen atoms in total. The van der Waals surface area contributed by atoms with Gasteiger partial charge in [-0.2, -0.15) is 0 Å². The van der Waals surface area contributed by atoms with Crippen molar-refractivity contribution in [3.05, 3.63) is 131 Å². The first-order valence-electron chi connectivity index (χ1n) is 21.7. The molecule has 328 valence electrons. The van der Waals surface area contributed by atoms with E-state index in [1.54, 1.807) is 7.05 Å². The monoisotopic (exact) mass is 843 g/mol. The molecule has 3 amide bonds. The van der Waals surface area contributed by atoms with Gasteiger partial charge in [0, 0.05) is 82.6 Å². The number of aliphatic imine (C=N–C) groups is 1. The van der Waals surface area contributed by atoms with E-state index in [-0.39, 0.29) is 49.4 Å². The number of hydrogen-bond donors (Lipinski definition) is 7. The van der Waals surface area contributed by atoms with Crippen LogP contribution in [0.15, 0.2) is 108 Å². The lowest BCUT2D eigenvalue weighted by molar-refractivity contribution is -0.124. The Bertz CT molecular complexity index is 2090. The smallest absolute Gasteiger partial charge is 0.237 e. The molecule has 4 aromatic carbocycles. The summed E-state index contributed by atoms with van der Waals surface area (Å²) in [5, 5.41) is 26.6. The Labute approximate surface area is 364 Å². The number of anilines is 2. The van der Waals surface area contributed by atoms with E-state index in [1.165, 1.54) is 5.56 Å². The van der Waals surface area contributed by atoms with Crippen LogP contribution in [0.25, 0.3) is 0 Å². The van der Waals surface area contributed by atoms with E-state index >= 15 is 0 Å². The van der Waals surface area contributed by atoms with Crippen molar-refractivity contribution in [1.29, 1.82) is 0 Å². The van der Waals surface area contributed by atoms with E-state index < -0.39 is 18.3 Å². The van der Waals surface area contributed by atoms with E-state index in [2.05, 4.69) is 53.5 Å². The highest BCUT2D eigenvalue weighted by atomic mass is 16.3. The number of fused-ring (bicyclic) bond motifs is 3. The molecule has 1 saturated heterocycles. The zero-order chi connectivity index (χ0) is 43.7. The topological polar surface area (TPSA) is 194 Å². The normalized spacial score (nSPS) is 21.5. The van der Waals surface area contributed by atoms with Crippen molar-refractivity contribution >= 4 is 40.7 Å². The molecule has 0 radical (unpaired) electrons. The molecule has 5 aliphatic heterocycles. The molecule has 0 aromatic heterocycles. The summed E-state index contributed by atoms with van der Waals surface area (Å²) in [4.78, 5) is 62.5. The second-order valence-corrected chi connectivity index (χ2v) is 16.1. The van der Waals surface area contributed by atoms with E-state index in [4.69, 9.17) is 5.73 Å². The molecule has 0 saturated carbocycles. The summed E-state index contributed by atoms with van der Waals surface area (Å²) in [5.74, 6) is -0.250. The Balaban J connectivity index is 1.19. The fourth-order valence-electron chi connectivity index (χ4n) is 7.69. The molecule has 4 aromatic rings. The predicted molar refractivity (Wildman–Crippen MR) is 244 cm³/mol. The number of hydrogen-bond acceptors (Lipinski definition) is 10. The van der Waals surface area contributed by atoms with Gasteiger partial charge in [0.1, 0.15) is 12.1 Å². The van der Waals surface area contributed by atoms with Gasteiger partial charge in [-0.15, -0.1) is 0 Å². The first kappa shape index (κ1) is 45.7. The molecule has 14 heteroatoms. The van der Waals surface area contributed by atoms with Gasteiger partial charge in [0.15, 0.2) is 5.78 Å². The molecule has 1 fully saturated rings. The van der Waals surface area contributed by atoms with Crippen LogP contribution in [0, 0.1) is 0 Å². The minimum absolute atomic E-state index is 0.0785. The summed E-state index contributed by atoms with van der Waals surface area (Å²) in [5.41, 5.74) is 11.8. The lowest BCUT2D eigenvalue weighted by atomic mass is 10.00. The molecule has 1 unspecified atom stereocenters. The number of rotatable bonds is 10. The lowest BCUT2D eigenvalue weighted by Crippen LogP contribution is -2.52. The van der Waals surface area contributed by atoms with Crippen LogP contribution in [0.2, 0.25) is 0 Å². The number of piperazine rings is 1. The van der Waals surface area contributed by atoms with Crippen molar-refractivity contribution in [2.24, 2.45) is 10.7 Å². The maximum Gasteiger partial charge on any atom is 0.237 e. The number of aliphatic hydroxyl groups is 1. The van der Waals surface area contributed by atoms with Crippen molar-refractivity contribution in [1.82, 2.24) is 25.8 Å². The van der Waals surface area contributed by atoms with Crippen LogP contribution in [0.4, 0.5) is 11.4 Å². The van der Waals surface area contributed by atoms with Gasteiger partial charge >= 0.3 is 0 Å². The maximum absolute atomic E-state index is 14.2. The molecule has 62 heavy (non-hydrogen) atoms. The number of nitrogens with zero attached hydrogens (tertiary/aromatic N) is 3. The van der Waals surface area contributed by atoms with Crippen LogP contribution >= 0.6 is 0 Å². The third-order valence-corrected chi connectivity index (χ3v) is 11.5. The number of benzene rings is 4. The number of ketones is 1. The molecule has 8 N–H and O–H groups in total. The van der Waals surface area contributed by atoms with Crippen LogP contribution in [0.1, 0.15) is 53.5 Å². The van der Waals surface area contributed by atoms with E-state index in [0.29, 0.717) is 49.6 Å². The Morgan fingerprint density at radius 2 is 1.32 bits per heavy atom. The van der Waals surface area contributed by atoms with E-state index in [1.807, 2.05) is 91.0 Å². The maximum atomic E-state index is 14.2. The van der Waals surface area contributed by atoms with Crippen molar-refractivity contribution < 1.29 is 24.3 Å². The molecular weight excluding hydrogens is 783 g/mol. The number of aliphatic hydroxyl groups excluding tert-OH is 1. The minimum atomic E-state index is -0.942. The van der Waals surface area contributed by atoms with Gasteiger partial charge in [-0.1, -0.05) is 78.9 Å². The summed E-state index contributed by atoms with van der Waals surface area (Å²) in [6.07, 6.45) is 2.27. The van der Waals surface area contributed by atoms with E-state index in [9.17, 15) is 24.3 Å². The first-order valence-corrected chi connectivity index (χ1v) is 21.7. The van der Waals surface area contributed by atoms with Crippen LogP contribution in [0.5, 0.6) is 0 Å². The summed E-state index contributed by atoms with van der Waals surface area (Å²) >= 11 is 0. The zero-order valence-corrected chi connectivity index (χ0v) is 35.7. The molecule has 9 rings (SSSR count). The minimum Gasteiger partial charge on any atom is -0.384 e. The second kappa shape index (κ2) is 23.4. The van der Waals surface area contributed by atoms with Gasteiger partial charge in [0.25, 0.3) is 0 Å². The highest BCUT2D eigenvalue weighted by molar-refractivity contribution is 5.97. The predicted octanol–water partition coefficient (Wildman–Crippen LogP) is 3.24. The highest BCUT2D eigenvalue weighted by Gasteiger charge is 2.26. The molecular formula is C48H61N9O5. The molecule has 0 aliphatic carbocycles. The van der Waals surface area contributed by atoms with Crippen LogP contribution in [-0.4, -0.2) is 115 Å². The molecule has 6 bridgehead atoms. The third-order valence-electron chi connectivity index (χ3n) is 11.5. The van der Waals surface area contributed by atoms with Gasteiger partial charge in [0.2, 0.25) is 17.7 Å². The number of carbonyl (C=O) groups is 4. The largest absolute Gasteiger partial charge is 0.384 e. The second-order valence-electron chi connectivity index (χ2n) is 16.1. The first-order chi connectivity index (χ1) is 30.1. The molecule has 5 heterocycles. The SMILES string of the molecule is CN=C(N)c1ccc(CNC(=O)[C@@H]2Cc3ccc(cc3)NC(=O)CCN3CCN(CCC(=O)Nc4ccc(cc4)C[C@@H](NC(O)CCCc4ccccc4)C(=O)CN2)CC3)cc1. The van der Waals surface area contributed by atoms with Gasteiger partial charge in [0.05, 0.1) is 18.6 Å². The van der Waals surface area contributed by atoms with Gasteiger partial charge in [-0.3, -0.25) is 34.8 Å². The molecule has 3 atom stereocenters. The third kappa shape index (κ3) is 14.7. The Morgan fingerprint density at radius 1 is 0.758 bits per heavy atom. The fourth-order valence-corrected chi connectivity index (χ4v) is 7.69. The van der Waals surface area contributed by atoms with Crippen LogP contribution < -0.4 is 32.3 Å². The number of amidine groups is 1. The zero-order valence-electron chi connectivity index (χ0n) is 35.7. The average Bonchev–Trinajstić information content (AvgIpc) is 3.29. The van der Waals surface area contributed by atoms with Crippen molar-refractivity contribution in [2.75, 3.05) is 63.5 Å². The number of nitrogens with one attached hydrogen (secondary N) is 5. The number of Topliss-reactive ketones (excluding diaryl/α,β-unsaturated/α-hetero) is 1. The summed E-state index contributed by atoms with van der Waals surface area (Å²) in [7, 11) is 1.63. The highest BCUT2D eigenvalue weighted by Crippen LogP contribution is 2.16. The summed E-state index contributed by atoms with van der Waals surface area (Å²) in [6, 6.07) is 30.8. The number of aryl methyl sites for hydroxylation is 1. The van der Waals surface area contributed by atoms with Crippen molar-refractivity contribution in [3.8, 4) is 0 Å². The fraction of sp³-hybridized carbons (Fsp3) is 0.396. The van der Waals surface area contributed by atoms with E-state index in [0.717, 1.165) is 61.3 Å². The average molecular weight is 844 g/mol. The quantitative estimate of drug-likeness (QED) is 0.0709. The van der Waals surface area contributed by atoms with Gasteiger partial charge in [-0.25, -0.2) is 0 Å². The van der Waals surface area contributed by atoms with Crippen molar-refractivity contribution in [3.63, 3.8) is 0 Å². The lowest BCUT2D eigenvalue weighted by Gasteiger charge is -2.34. The summed E-state index contributed by atoms with van der Waals surface area (Å²) in [6.45, 7) is 4.70. The number of carbonyl (C=O) groups excluding carboxylic acids is 4. The Kier molecular flexibility index (Phi) is 17.3. The van der Waals surface area contributed by atoms with Crippen molar-refractivity contribution in [2.45, 2.75) is 69.8 Å². The Morgan fingerprint density at radius 3 is 1.89 bits per heavy atom. The van der Waals surface area contributed by atoms with Crippen LogP contribution in [0.3, 0.4) is 0 Å².